The van der Waals surface area contributed by atoms with Gasteiger partial charge in [0, 0.05) is 12.6 Å². The molecule has 1 aliphatic carbocycles. The van der Waals surface area contributed by atoms with Crippen LogP contribution in [-0.2, 0) is 4.74 Å². The van der Waals surface area contributed by atoms with Crippen LogP contribution in [-0.4, -0.2) is 26.3 Å². The van der Waals surface area contributed by atoms with Crippen LogP contribution in [0.5, 0.6) is 0 Å². The van der Waals surface area contributed by atoms with Crippen molar-refractivity contribution < 1.29 is 4.74 Å². The molecule has 15 heavy (non-hydrogen) atoms. The van der Waals surface area contributed by atoms with Crippen molar-refractivity contribution in [1.82, 2.24) is 5.32 Å². The zero-order valence-electron chi connectivity index (χ0n) is 11.2. The topological polar surface area (TPSA) is 21.3 Å². The molecule has 1 unspecified atom stereocenters. The maximum Gasteiger partial charge on any atom is 0.0622 e. The summed E-state index contributed by atoms with van der Waals surface area (Å²) >= 11 is 0. The Morgan fingerprint density at radius 1 is 1.20 bits per heavy atom. The molecule has 1 N–H and O–H groups in total. The van der Waals surface area contributed by atoms with Crippen LogP contribution < -0.4 is 5.32 Å². The second-order valence-corrected chi connectivity index (χ2v) is 5.89. The Kier molecular flexibility index (Phi) is 3.83. The van der Waals surface area contributed by atoms with Crippen molar-refractivity contribution in [3.8, 4) is 0 Å². The fourth-order valence-corrected chi connectivity index (χ4v) is 2.95. The SMILES string of the molecule is CCCOCC(NC)C1C(C)(C)C1(C)C. The van der Waals surface area contributed by atoms with Crippen LogP contribution in [0.2, 0.25) is 0 Å². The Balaban J connectivity index is 2.48. The van der Waals surface area contributed by atoms with Gasteiger partial charge in [-0.2, -0.15) is 0 Å². The molecule has 1 aliphatic rings. The maximum absolute atomic E-state index is 5.66. The van der Waals surface area contributed by atoms with Crippen LogP contribution in [0.25, 0.3) is 0 Å². The first-order valence-corrected chi connectivity index (χ1v) is 6.14. The molecule has 90 valence electrons. The van der Waals surface area contributed by atoms with E-state index in [1.807, 2.05) is 7.05 Å². The van der Waals surface area contributed by atoms with Crippen LogP contribution in [0.15, 0.2) is 0 Å². The van der Waals surface area contributed by atoms with Gasteiger partial charge in [-0.25, -0.2) is 0 Å². The monoisotopic (exact) mass is 213 g/mol. The fraction of sp³-hybridized carbons (Fsp3) is 1.00. The molecule has 0 amide bonds. The van der Waals surface area contributed by atoms with E-state index in [-0.39, 0.29) is 0 Å². The van der Waals surface area contributed by atoms with Crippen molar-refractivity contribution in [2.24, 2.45) is 16.7 Å². The zero-order chi connectivity index (χ0) is 11.7. The third kappa shape index (κ3) is 2.21. The Morgan fingerprint density at radius 2 is 1.73 bits per heavy atom. The molecule has 0 aromatic heterocycles. The minimum atomic E-state index is 0.441. The van der Waals surface area contributed by atoms with Gasteiger partial charge in [-0.1, -0.05) is 34.6 Å². The highest BCUT2D eigenvalue weighted by atomic mass is 16.5. The number of nitrogens with one attached hydrogen (secondary N) is 1. The van der Waals surface area contributed by atoms with Crippen LogP contribution in [0.4, 0.5) is 0 Å². The predicted octanol–water partition coefficient (Wildman–Crippen LogP) is 2.68. The summed E-state index contributed by atoms with van der Waals surface area (Å²) in [6.45, 7) is 13.3. The normalized spacial score (nSPS) is 25.2. The summed E-state index contributed by atoms with van der Waals surface area (Å²) in [5.41, 5.74) is 0.881. The standard InChI is InChI=1S/C13H27NO/c1-7-8-15-9-10(14-6)11-12(2,3)13(11,4)5/h10-11,14H,7-9H2,1-6H3. The largest absolute Gasteiger partial charge is 0.380 e. The Hall–Kier alpha value is -0.0800. The van der Waals surface area contributed by atoms with Gasteiger partial charge >= 0.3 is 0 Å². The van der Waals surface area contributed by atoms with E-state index < -0.39 is 0 Å². The van der Waals surface area contributed by atoms with Crippen molar-refractivity contribution in [2.75, 3.05) is 20.3 Å². The summed E-state index contributed by atoms with van der Waals surface area (Å²) in [6.07, 6.45) is 1.11. The van der Waals surface area contributed by atoms with Gasteiger partial charge in [0.25, 0.3) is 0 Å². The van der Waals surface area contributed by atoms with E-state index >= 15 is 0 Å². The van der Waals surface area contributed by atoms with E-state index in [0.29, 0.717) is 16.9 Å². The number of likely N-dealkylation sites (N-methyl/N-ethyl adjacent to an activating group) is 1. The summed E-state index contributed by atoms with van der Waals surface area (Å²) in [4.78, 5) is 0. The molecule has 0 heterocycles. The van der Waals surface area contributed by atoms with E-state index in [0.717, 1.165) is 25.6 Å². The van der Waals surface area contributed by atoms with Crippen LogP contribution in [0.1, 0.15) is 41.0 Å². The average Bonchev–Trinajstić information content (AvgIpc) is 2.54. The van der Waals surface area contributed by atoms with Crippen LogP contribution in [0, 0.1) is 16.7 Å². The van der Waals surface area contributed by atoms with E-state index in [9.17, 15) is 0 Å². The molecule has 2 nitrogen and oxygen atoms in total. The number of hydrogen-bond acceptors (Lipinski definition) is 2. The second-order valence-electron chi connectivity index (χ2n) is 5.89. The molecule has 1 saturated carbocycles. The molecule has 1 fully saturated rings. The van der Waals surface area contributed by atoms with Gasteiger partial charge in [0.05, 0.1) is 6.61 Å². The third-order valence-corrected chi connectivity index (χ3v) is 4.55. The summed E-state index contributed by atoms with van der Waals surface area (Å²) in [6, 6.07) is 0.501. The fourth-order valence-electron chi connectivity index (χ4n) is 2.95. The molecule has 0 aromatic carbocycles. The van der Waals surface area contributed by atoms with Crippen LogP contribution >= 0.6 is 0 Å². The zero-order valence-corrected chi connectivity index (χ0v) is 11.2. The highest BCUT2D eigenvalue weighted by Gasteiger charge is 2.66. The second kappa shape index (κ2) is 4.42. The first-order valence-electron chi connectivity index (χ1n) is 6.14. The van der Waals surface area contributed by atoms with Crippen molar-refractivity contribution in [1.29, 1.82) is 0 Å². The highest BCUT2D eigenvalue weighted by Crippen LogP contribution is 2.69. The van der Waals surface area contributed by atoms with E-state index in [4.69, 9.17) is 4.74 Å². The van der Waals surface area contributed by atoms with Gasteiger partial charge in [0.15, 0.2) is 0 Å². The van der Waals surface area contributed by atoms with Gasteiger partial charge in [-0.05, 0) is 30.2 Å². The molecule has 0 saturated heterocycles. The lowest BCUT2D eigenvalue weighted by Crippen LogP contribution is -2.35. The molecule has 0 spiro atoms. The molecular formula is C13H27NO. The number of hydrogen-bond donors (Lipinski definition) is 1. The van der Waals surface area contributed by atoms with Gasteiger partial charge in [0.2, 0.25) is 0 Å². The lowest BCUT2D eigenvalue weighted by molar-refractivity contribution is 0.102. The Bertz CT molecular complexity index is 197. The van der Waals surface area contributed by atoms with E-state index in [1.165, 1.54) is 0 Å². The number of rotatable bonds is 6. The van der Waals surface area contributed by atoms with E-state index in [2.05, 4.69) is 39.9 Å². The lowest BCUT2D eigenvalue weighted by atomic mass is 10.0. The van der Waals surface area contributed by atoms with Crippen molar-refractivity contribution in [3.05, 3.63) is 0 Å². The summed E-state index contributed by atoms with van der Waals surface area (Å²) in [7, 11) is 2.05. The van der Waals surface area contributed by atoms with Gasteiger partial charge in [-0.3, -0.25) is 0 Å². The maximum atomic E-state index is 5.66. The molecule has 1 rings (SSSR count). The molecule has 0 aromatic rings. The smallest absolute Gasteiger partial charge is 0.0622 e. The first kappa shape index (κ1) is 13.0. The molecular weight excluding hydrogens is 186 g/mol. The van der Waals surface area contributed by atoms with Gasteiger partial charge < -0.3 is 10.1 Å². The Labute approximate surface area is 94.8 Å². The van der Waals surface area contributed by atoms with Gasteiger partial charge in [0.1, 0.15) is 0 Å². The molecule has 0 aliphatic heterocycles. The van der Waals surface area contributed by atoms with E-state index in [1.54, 1.807) is 0 Å². The first-order chi connectivity index (χ1) is 6.89. The molecule has 0 radical (unpaired) electrons. The summed E-state index contributed by atoms with van der Waals surface area (Å²) in [5.74, 6) is 0.729. The predicted molar refractivity (Wildman–Crippen MR) is 65.0 cm³/mol. The van der Waals surface area contributed by atoms with Crippen LogP contribution in [0.3, 0.4) is 0 Å². The quantitative estimate of drug-likeness (QED) is 0.685. The minimum Gasteiger partial charge on any atom is -0.380 e. The van der Waals surface area contributed by atoms with Gasteiger partial charge in [-0.15, -0.1) is 0 Å². The molecule has 1 atom stereocenters. The molecule has 0 bridgehead atoms. The lowest BCUT2D eigenvalue weighted by Gasteiger charge is -2.18. The van der Waals surface area contributed by atoms with Crippen molar-refractivity contribution in [2.45, 2.75) is 47.1 Å². The Morgan fingerprint density at radius 3 is 2.07 bits per heavy atom. The van der Waals surface area contributed by atoms with Crippen molar-refractivity contribution in [3.63, 3.8) is 0 Å². The van der Waals surface area contributed by atoms with Crippen molar-refractivity contribution >= 4 is 0 Å². The molecule has 2 heteroatoms. The average molecular weight is 213 g/mol. The highest BCUT2D eigenvalue weighted by molar-refractivity contribution is 5.16. The summed E-state index contributed by atoms with van der Waals surface area (Å²) in [5, 5.41) is 3.41. The summed E-state index contributed by atoms with van der Waals surface area (Å²) < 4.78 is 5.66. The minimum absolute atomic E-state index is 0.441. The third-order valence-electron chi connectivity index (χ3n) is 4.55. The number of ether oxygens (including phenoxy) is 1.